The zero-order valence-electron chi connectivity index (χ0n) is 17.0. The predicted octanol–water partition coefficient (Wildman–Crippen LogP) is 5.57. The number of hydrogen-bond donors (Lipinski definition) is 0. The highest BCUT2D eigenvalue weighted by atomic mass is 16.5. The molecule has 0 atom stereocenters. The van der Waals surface area contributed by atoms with Crippen LogP contribution >= 0.6 is 0 Å². The first-order valence-corrected chi connectivity index (χ1v) is 9.73. The summed E-state index contributed by atoms with van der Waals surface area (Å²) in [7, 11) is 2.13. The molecule has 1 aliphatic heterocycles. The van der Waals surface area contributed by atoms with Gasteiger partial charge in [0.25, 0.3) is 0 Å². The highest BCUT2D eigenvalue weighted by molar-refractivity contribution is 5.74. The standard InChI is InChI=1S/C25H28NO/c1-17-11-12-20-13-14-25(3,4)27-24(20)23(17)22-15-18(2)21(16-26(22)5)19-9-7-6-8-10-19/h6-12,15-16H,13-14H2,1-5H3/q+1. The van der Waals surface area contributed by atoms with E-state index < -0.39 is 0 Å². The zero-order valence-corrected chi connectivity index (χ0v) is 17.0. The van der Waals surface area contributed by atoms with E-state index in [1.165, 1.54) is 39.1 Å². The Morgan fingerprint density at radius 3 is 2.44 bits per heavy atom. The van der Waals surface area contributed by atoms with E-state index in [9.17, 15) is 0 Å². The van der Waals surface area contributed by atoms with Gasteiger partial charge in [-0.2, -0.15) is 0 Å². The molecule has 2 nitrogen and oxygen atoms in total. The van der Waals surface area contributed by atoms with Gasteiger partial charge in [0, 0.05) is 11.6 Å². The van der Waals surface area contributed by atoms with E-state index in [0.717, 1.165) is 18.6 Å². The largest absolute Gasteiger partial charge is 0.487 e. The van der Waals surface area contributed by atoms with Gasteiger partial charge < -0.3 is 4.74 Å². The van der Waals surface area contributed by atoms with Crippen molar-refractivity contribution in [3.63, 3.8) is 0 Å². The lowest BCUT2D eigenvalue weighted by atomic mass is 9.89. The average molecular weight is 359 g/mol. The normalized spacial score (nSPS) is 15.1. The summed E-state index contributed by atoms with van der Waals surface area (Å²) in [4.78, 5) is 0. The van der Waals surface area contributed by atoms with Crippen LogP contribution in [0.5, 0.6) is 5.75 Å². The molecule has 2 aromatic carbocycles. The number of aryl methyl sites for hydroxylation is 4. The second-order valence-corrected chi connectivity index (χ2v) is 8.34. The van der Waals surface area contributed by atoms with Crippen LogP contribution in [-0.4, -0.2) is 5.60 Å². The van der Waals surface area contributed by atoms with E-state index in [1.807, 2.05) is 0 Å². The third kappa shape index (κ3) is 3.25. The molecule has 0 fully saturated rings. The van der Waals surface area contributed by atoms with E-state index in [1.54, 1.807) is 0 Å². The minimum atomic E-state index is -0.118. The molecule has 0 spiro atoms. The van der Waals surface area contributed by atoms with Crippen LogP contribution in [0.25, 0.3) is 22.4 Å². The third-order valence-electron chi connectivity index (χ3n) is 5.64. The smallest absolute Gasteiger partial charge is 0.216 e. The monoisotopic (exact) mass is 358 g/mol. The number of hydrogen-bond acceptors (Lipinski definition) is 1. The van der Waals surface area contributed by atoms with Crippen molar-refractivity contribution in [1.29, 1.82) is 0 Å². The summed E-state index contributed by atoms with van der Waals surface area (Å²) < 4.78 is 8.72. The first kappa shape index (κ1) is 17.8. The molecule has 0 amide bonds. The van der Waals surface area contributed by atoms with Crippen LogP contribution in [0, 0.1) is 13.8 Å². The number of fused-ring (bicyclic) bond motifs is 1. The molecule has 3 aromatic rings. The Hall–Kier alpha value is -2.61. The summed E-state index contributed by atoms with van der Waals surface area (Å²) in [6.07, 6.45) is 4.37. The van der Waals surface area contributed by atoms with Gasteiger partial charge in [-0.1, -0.05) is 42.5 Å². The molecule has 2 heterocycles. The molecule has 0 radical (unpaired) electrons. The Bertz CT molecular complexity index is 1000. The Balaban J connectivity index is 1.89. The van der Waals surface area contributed by atoms with Crippen molar-refractivity contribution in [1.82, 2.24) is 0 Å². The Morgan fingerprint density at radius 1 is 0.963 bits per heavy atom. The molecule has 0 saturated heterocycles. The fourth-order valence-corrected chi connectivity index (χ4v) is 4.04. The van der Waals surface area contributed by atoms with Crippen LogP contribution in [0.4, 0.5) is 0 Å². The van der Waals surface area contributed by atoms with Gasteiger partial charge in [0.15, 0.2) is 6.20 Å². The van der Waals surface area contributed by atoms with E-state index >= 15 is 0 Å². The fourth-order valence-electron chi connectivity index (χ4n) is 4.04. The van der Waals surface area contributed by atoms with Gasteiger partial charge in [-0.15, -0.1) is 0 Å². The van der Waals surface area contributed by atoms with Crippen molar-refractivity contribution in [3.05, 3.63) is 71.4 Å². The van der Waals surface area contributed by atoms with E-state index in [-0.39, 0.29) is 5.60 Å². The predicted molar refractivity (Wildman–Crippen MR) is 111 cm³/mol. The number of benzene rings is 2. The van der Waals surface area contributed by atoms with E-state index in [0.29, 0.717) is 0 Å². The molecule has 0 aliphatic carbocycles. The van der Waals surface area contributed by atoms with Crippen molar-refractivity contribution in [2.75, 3.05) is 0 Å². The van der Waals surface area contributed by atoms with Crippen LogP contribution in [0.2, 0.25) is 0 Å². The number of nitrogens with zero attached hydrogens (tertiary/aromatic N) is 1. The van der Waals surface area contributed by atoms with Crippen LogP contribution in [0.3, 0.4) is 0 Å². The van der Waals surface area contributed by atoms with Crippen molar-refractivity contribution in [3.8, 4) is 28.1 Å². The SMILES string of the molecule is Cc1cc(-c2c(C)ccc3c2OC(C)(C)CC3)[n+](C)cc1-c1ccccc1. The number of pyridine rings is 1. The maximum absolute atomic E-state index is 6.48. The summed E-state index contributed by atoms with van der Waals surface area (Å²) in [6.45, 7) is 8.75. The topological polar surface area (TPSA) is 13.1 Å². The molecular weight excluding hydrogens is 330 g/mol. The summed E-state index contributed by atoms with van der Waals surface area (Å²) in [5, 5.41) is 0. The first-order chi connectivity index (χ1) is 12.9. The van der Waals surface area contributed by atoms with Crippen molar-refractivity contribution >= 4 is 0 Å². The fraction of sp³-hybridized carbons (Fsp3) is 0.320. The quantitative estimate of drug-likeness (QED) is 0.546. The Kier molecular flexibility index (Phi) is 4.30. The molecule has 1 aromatic heterocycles. The highest BCUT2D eigenvalue weighted by Gasteiger charge is 2.31. The van der Waals surface area contributed by atoms with Gasteiger partial charge in [0.1, 0.15) is 18.4 Å². The van der Waals surface area contributed by atoms with Gasteiger partial charge in [0.05, 0.1) is 5.56 Å². The first-order valence-electron chi connectivity index (χ1n) is 9.73. The van der Waals surface area contributed by atoms with Crippen molar-refractivity contribution in [2.45, 2.75) is 46.1 Å². The molecule has 138 valence electrons. The number of aromatic nitrogens is 1. The van der Waals surface area contributed by atoms with Crippen LogP contribution < -0.4 is 9.30 Å². The van der Waals surface area contributed by atoms with Crippen LogP contribution in [-0.2, 0) is 13.5 Å². The second-order valence-electron chi connectivity index (χ2n) is 8.34. The van der Waals surface area contributed by atoms with Gasteiger partial charge >= 0.3 is 0 Å². The van der Waals surface area contributed by atoms with E-state index in [4.69, 9.17) is 4.74 Å². The lowest BCUT2D eigenvalue weighted by Gasteiger charge is -2.34. The molecule has 0 saturated carbocycles. The Morgan fingerprint density at radius 2 is 1.70 bits per heavy atom. The van der Waals surface area contributed by atoms with Gasteiger partial charge in [-0.25, -0.2) is 4.57 Å². The number of ether oxygens (including phenoxy) is 1. The second kappa shape index (κ2) is 6.53. The maximum Gasteiger partial charge on any atom is 0.216 e. The molecule has 0 N–H and O–H groups in total. The van der Waals surface area contributed by atoms with Crippen molar-refractivity contribution in [2.24, 2.45) is 7.05 Å². The lowest BCUT2D eigenvalue weighted by Crippen LogP contribution is -2.35. The third-order valence-corrected chi connectivity index (χ3v) is 5.64. The molecule has 0 bridgehead atoms. The molecule has 4 rings (SSSR count). The minimum Gasteiger partial charge on any atom is -0.487 e. The van der Waals surface area contributed by atoms with Gasteiger partial charge in [-0.3, -0.25) is 0 Å². The minimum absolute atomic E-state index is 0.118. The van der Waals surface area contributed by atoms with E-state index in [2.05, 4.69) is 94.0 Å². The van der Waals surface area contributed by atoms with Gasteiger partial charge in [0.2, 0.25) is 5.69 Å². The maximum atomic E-state index is 6.48. The Labute approximate surface area is 162 Å². The zero-order chi connectivity index (χ0) is 19.2. The summed E-state index contributed by atoms with van der Waals surface area (Å²) >= 11 is 0. The lowest BCUT2D eigenvalue weighted by molar-refractivity contribution is -0.660. The van der Waals surface area contributed by atoms with Crippen LogP contribution in [0.15, 0.2) is 54.7 Å². The summed E-state index contributed by atoms with van der Waals surface area (Å²) in [5.74, 6) is 1.06. The summed E-state index contributed by atoms with van der Waals surface area (Å²) in [6, 6.07) is 17.4. The molecule has 27 heavy (non-hydrogen) atoms. The highest BCUT2D eigenvalue weighted by Crippen LogP contribution is 2.42. The average Bonchev–Trinajstić information content (AvgIpc) is 2.63. The number of rotatable bonds is 2. The van der Waals surface area contributed by atoms with Crippen LogP contribution in [0.1, 0.15) is 37.0 Å². The van der Waals surface area contributed by atoms with Gasteiger partial charge in [-0.05, 0) is 62.8 Å². The molecule has 0 unspecified atom stereocenters. The van der Waals surface area contributed by atoms with Crippen molar-refractivity contribution < 1.29 is 9.30 Å². The molecular formula is C25H28NO+. The molecule has 1 aliphatic rings. The molecule has 2 heteroatoms. The summed E-state index contributed by atoms with van der Waals surface area (Å²) in [5.41, 5.74) is 8.69.